The van der Waals surface area contributed by atoms with Crippen molar-refractivity contribution in [3.8, 4) is 11.3 Å². The molecule has 1 N–H and O–H groups in total. The first-order chi connectivity index (χ1) is 13.4. The van der Waals surface area contributed by atoms with Gasteiger partial charge in [0.15, 0.2) is 10.9 Å². The smallest absolute Gasteiger partial charge is 0.229 e. The molecule has 0 aliphatic carbocycles. The summed E-state index contributed by atoms with van der Waals surface area (Å²) < 4.78 is 0. The molecule has 3 rings (SSSR count). The number of anilines is 1. The maximum Gasteiger partial charge on any atom is 0.229 e. The molecule has 0 radical (unpaired) electrons. The quantitative estimate of drug-likeness (QED) is 0.775. The number of carbonyl (C=O) groups excluding carboxylic acids is 3. The van der Waals surface area contributed by atoms with Gasteiger partial charge < -0.3 is 10.2 Å². The van der Waals surface area contributed by atoms with Crippen LogP contribution in [-0.4, -0.2) is 40.6 Å². The minimum Gasteiger partial charge on any atom is -0.342 e. The van der Waals surface area contributed by atoms with Gasteiger partial charge in [-0.05, 0) is 12.8 Å². The van der Waals surface area contributed by atoms with Crippen molar-refractivity contribution < 1.29 is 14.4 Å². The lowest BCUT2D eigenvalue weighted by Crippen LogP contribution is -2.43. The summed E-state index contributed by atoms with van der Waals surface area (Å²) in [6.45, 7) is 6.48. The third-order valence-corrected chi connectivity index (χ3v) is 5.97. The number of carbonyl (C=O) groups is 3. The summed E-state index contributed by atoms with van der Waals surface area (Å²) in [5, 5.41) is 3.32. The predicted octanol–water partition coefficient (Wildman–Crippen LogP) is 3.85. The van der Waals surface area contributed by atoms with E-state index in [1.807, 2.05) is 49.1 Å². The summed E-state index contributed by atoms with van der Waals surface area (Å²) >= 11 is 1.21. The van der Waals surface area contributed by atoms with Gasteiger partial charge in [0.05, 0.1) is 10.6 Å². The van der Waals surface area contributed by atoms with E-state index in [0.717, 1.165) is 5.56 Å². The molecular formula is C21H25N3O3S. The fourth-order valence-corrected chi connectivity index (χ4v) is 4.22. The number of ketones is 1. The number of piperidine rings is 1. The Balaban J connectivity index is 1.68. The molecule has 0 atom stereocenters. The number of hydrogen-bond donors (Lipinski definition) is 1. The highest BCUT2D eigenvalue weighted by molar-refractivity contribution is 7.18. The molecule has 6 nitrogen and oxygen atoms in total. The average Bonchev–Trinajstić information content (AvgIpc) is 3.12. The molecule has 2 amide bonds. The first-order valence-electron chi connectivity index (χ1n) is 9.53. The molecule has 0 spiro atoms. The van der Waals surface area contributed by atoms with Crippen molar-refractivity contribution in [2.45, 2.75) is 33.6 Å². The van der Waals surface area contributed by atoms with Crippen molar-refractivity contribution in [1.29, 1.82) is 0 Å². The summed E-state index contributed by atoms with van der Waals surface area (Å²) in [5.74, 6) is -0.210. The summed E-state index contributed by atoms with van der Waals surface area (Å²) in [7, 11) is 0. The Kier molecular flexibility index (Phi) is 6.24. The number of hydrogen-bond acceptors (Lipinski definition) is 5. The van der Waals surface area contributed by atoms with Gasteiger partial charge in [-0.25, -0.2) is 4.98 Å². The van der Waals surface area contributed by atoms with Gasteiger partial charge in [0.2, 0.25) is 11.8 Å². The van der Waals surface area contributed by atoms with Gasteiger partial charge in [-0.15, -0.1) is 0 Å². The standard InChI is InChI=1S/C21H25N3O3S/c1-13(2)20(27)24-11-9-16(10-12-24)19(26)23-21-22-17(18(28-21)14(3)25)15-7-5-4-6-8-15/h4-8,13,16H,9-12H2,1-3H3,(H,22,23,26). The van der Waals surface area contributed by atoms with Crippen LogP contribution in [0.1, 0.15) is 43.3 Å². The Morgan fingerprint density at radius 3 is 2.36 bits per heavy atom. The maximum absolute atomic E-state index is 12.7. The number of benzene rings is 1. The van der Waals surface area contributed by atoms with Crippen molar-refractivity contribution in [3.05, 3.63) is 35.2 Å². The lowest BCUT2D eigenvalue weighted by molar-refractivity contribution is -0.137. The molecule has 1 aromatic carbocycles. The number of amides is 2. The van der Waals surface area contributed by atoms with E-state index in [9.17, 15) is 14.4 Å². The van der Waals surface area contributed by atoms with E-state index in [2.05, 4.69) is 10.3 Å². The molecule has 1 aliphatic heterocycles. The molecule has 0 unspecified atom stereocenters. The highest BCUT2D eigenvalue weighted by Gasteiger charge is 2.29. The molecule has 1 fully saturated rings. The van der Waals surface area contributed by atoms with Crippen molar-refractivity contribution in [3.63, 3.8) is 0 Å². The van der Waals surface area contributed by atoms with Crippen LogP contribution in [0.4, 0.5) is 5.13 Å². The Hall–Kier alpha value is -2.54. The van der Waals surface area contributed by atoms with Crippen LogP contribution < -0.4 is 5.32 Å². The fraction of sp³-hybridized carbons (Fsp3) is 0.429. The van der Waals surface area contributed by atoms with Gasteiger partial charge in [-0.2, -0.15) is 0 Å². The van der Waals surface area contributed by atoms with Gasteiger partial charge in [0.25, 0.3) is 0 Å². The van der Waals surface area contributed by atoms with E-state index in [1.54, 1.807) is 0 Å². The number of thiazole rings is 1. The zero-order valence-electron chi connectivity index (χ0n) is 16.4. The second-order valence-corrected chi connectivity index (χ2v) is 8.36. The number of nitrogens with zero attached hydrogens (tertiary/aromatic N) is 2. The highest BCUT2D eigenvalue weighted by Crippen LogP contribution is 2.32. The predicted molar refractivity (Wildman–Crippen MR) is 110 cm³/mol. The van der Waals surface area contributed by atoms with Gasteiger partial charge in [0, 0.05) is 37.4 Å². The van der Waals surface area contributed by atoms with Crippen molar-refractivity contribution in [2.75, 3.05) is 18.4 Å². The minimum atomic E-state index is -0.152. The largest absolute Gasteiger partial charge is 0.342 e. The monoisotopic (exact) mass is 399 g/mol. The van der Waals surface area contributed by atoms with Gasteiger partial charge in [-0.3, -0.25) is 14.4 Å². The number of Topliss-reactive ketones (excluding diaryl/α,β-unsaturated/α-hetero) is 1. The molecule has 1 aromatic heterocycles. The molecule has 148 valence electrons. The summed E-state index contributed by atoms with van der Waals surface area (Å²) in [4.78, 5) is 43.7. The second kappa shape index (κ2) is 8.65. The normalized spacial score (nSPS) is 14.9. The molecule has 0 bridgehead atoms. The molecule has 7 heteroatoms. The molecule has 28 heavy (non-hydrogen) atoms. The molecule has 0 saturated carbocycles. The van der Waals surface area contributed by atoms with Gasteiger partial charge >= 0.3 is 0 Å². The number of rotatable bonds is 5. The summed E-state index contributed by atoms with van der Waals surface area (Å²) in [5.41, 5.74) is 1.45. The number of likely N-dealkylation sites (tertiary alicyclic amines) is 1. The van der Waals surface area contributed by atoms with Crippen LogP contribution in [0.2, 0.25) is 0 Å². The summed E-state index contributed by atoms with van der Waals surface area (Å²) in [6, 6.07) is 9.48. The van der Waals surface area contributed by atoms with E-state index < -0.39 is 0 Å². The third kappa shape index (κ3) is 4.47. The SMILES string of the molecule is CC(=O)c1sc(NC(=O)C2CCN(C(=O)C(C)C)CC2)nc1-c1ccccc1. The number of aromatic nitrogens is 1. The first kappa shape index (κ1) is 20.2. The van der Waals surface area contributed by atoms with Crippen LogP contribution in [0.25, 0.3) is 11.3 Å². The van der Waals surface area contributed by atoms with Crippen LogP contribution in [0.3, 0.4) is 0 Å². The highest BCUT2D eigenvalue weighted by atomic mass is 32.1. The van der Waals surface area contributed by atoms with Crippen LogP contribution in [0.5, 0.6) is 0 Å². The molecule has 2 heterocycles. The Bertz CT molecular complexity index is 868. The zero-order valence-corrected chi connectivity index (χ0v) is 17.2. The Labute approximate surface area is 169 Å². The van der Waals surface area contributed by atoms with Crippen molar-refractivity contribution >= 4 is 34.1 Å². The lowest BCUT2D eigenvalue weighted by atomic mass is 9.95. The van der Waals surface area contributed by atoms with Crippen molar-refractivity contribution in [1.82, 2.24) is 9.88 Å². The molecule has 2 aromatic rings. The van der Waals surface area contributed by atoms with Crippen LogP contribution in [0.15, 0.2) is 30.3 Å². The van der Waals surface area contributed by atoms with Gasteiger partial charge in [0.1, 0.15) is 0 Å². The van der Waals surface area contributed by atoms with Crippen LogP contribution in [-0.2, 0) is 9.59 Å². The second-order valence-electron chi connectivity index (χ2n) is 7.36. The Morgan fingerprint density at radius 2 is 1.79 bits per heavy atom. The van der Waals surface area contributed by atoms with Crippen molar-refractivity contribution in [2.24, 2.45) is 11.8 Å². The van der Waals surface area contributed by atoms with E-state index in [-0.39, 0.29) is 29.4 Å². The topological polar surface area (TPSA) is 79.4 Å². The van der Waals surface area contributed by atoms with E-state index >= 15 is 0 Å². The maximum atomic E-state index is 12.7. The van der Waals surface area contributed by atoms with Crippen LogP contribution >= 0.6 is 11.3 Å². The lowest BCUT2D eigenvalue weighted by Gasteiger charge is -2.32. The van der Waals surface area contributed by atoms with E-state index in [0.29, 0.717) is 41.6 Å². The minimum absolute atomic E-state index is 0.0258. The van der Waals surface area contributed by atoms with E-state index in [1.165, 1.54) is 18.3 Å². The molecule has 1 saturated heterocycles. The van der Waals surface area contributed by atoms with E-state index in [4.69, 9.17) is 0 Å². The number of nitrogens with one attached hydrogen (secondary N) is 1. The molecule has 1 aliphatic rings. The first-order valence-corrected chi connectivity index (χ1v) is 10.3. The van der Waals surface area contributed by atoms with Gasteiger partial charge in [-0.1, -0.05) is 55.5 Å². The Morgan fingerprint density at radius 1 is 1.14 bits per heavy atom. The zero-order chi connectivity index (χ0) is 20.3. The van der Waals surface area contributed by atoms with Crippen LogP contribution in [0, 0.1) is 11.8 Å². The third-order valence-electron chi connectivity index (χ3n) is 4.90. The fourth-order valence-electron chi connectivity index (χ4n) is 3.34. The summed E-state index contributed by atoms with van der Waals surface area (Å²) in [6.07, 6.45) is 1.28. The molecular weight excluding hydrogens is 374 g/mol. The average molecular weight is 400 g/mol.